The lowest BCUT2D eigenvalue weighted by Gasteiger charge is -2.19. The van der Waals surface area contributed by atoms with E-state index < -0.39 is 0 Å². The average molecular weight is 299 g/mol. The van der Waals surface area contributed by atoms with Crippen LogP contribution in [-0.2, 0) is 4.84 Å². The molecular weight excluding hydrogens is 282 g/mol. The van der Waals surface area contributed by atoms with Crippen LogP contribution < -0.4 is 5.32 Å². The summed E-state index contributed by atoms with van der Waals surface area (Å²) in [6.07, 6.45) is 2.69. The molecule has 6 nitrogen and oxygen atoms in total. The topological polar surface area (TPSA) is 71.0 Å². The molecule has 1 fully saturated rings. The molecule has 1 aromatic carbocycles. The molecule has 0 aliphatic carbocycles. The number of oxime groups is 1. The maximum absolute atomic E-state index is 12.3. The molecule has 0 saturated carbocycles. The molecule has 6 heteroatoms. The van der Waals surface area contributed by atoms with Crippen LogP contribution in [0.2, 0.25) is 0 Å². The van der Waals surface area contributed by atoms with Crippen LogP contribution in [0, 0.1) is 0 Å². The second-order valence-electron chi connectivity index (χ2n) is 5.14. The molecule has 0 aromatic heterocycles. The molecule has 1 aromatic rings. The predicted molar refractivity (Wildman–Crippen MR) is 81.8 cm³/mol. The van der Waals surface area contributed by atoms with Crippen LogP contribution in [-0.4, -0.2) is 49.2 Å². The van der Waals surface area contributed by atoms with E-state index in [-0.39, 0.29) is 18.4 Å². The Hall–Kier alpha value is -2.47. The van der Waals surface area contributed by atoms with Crippen molar-refractivity contribution in [3.8, 4) is 0 Å². The molecule has 1 N–H and O–H groups in total. The number of carbonyl (C=O) groups is 2. The molecule has 0 bridgehead atoms. The van der Waals surface area contributed by atoms with Crippen LogP contribution in [0.5, 0.6) is 0 Å². The van der Waals surface area contributed by atoms with Gasteiger partial charge in [0.05, 0.1) is 16.8 Å². The number of imide groups is 1. The zero-order valence-corrected chi connectivity index (χ0v) is 12.3. The number of nitrogens with zero attached hydrogens (tertiary/aromatic N) is 2. The Bertz CT molecular complexity index is 644. The molecule has 1 saturated heterocycles. The van der Waals surface area contributed by atoms with E-state index in [2.05, 4.69) is 10.5 Å². The monoisotopic (exact) mass is 299 g/mol. The fourth-order valence-corrected chi connectivity index (χ4v) is 2.72. The van der Waals surface area contributed by atoms with Crippen molar-refractivity contribution in [3.63, 3.8) is 0 Å². The summed E-state index contributed by atoms with van der Waals surface area (Å²) in [5, 5.41) is 7.20. The van der Waals surface area contributed by atoms with Crippen molar-refractivity contribution in [3.05, 3.63) is 47.0 Å². The lowest BCUT2D eigenvalue weighted by atomic mass is 10.0. The van der Waals surface area contributed by atoms with Gasteiger partial charge in [0, 0.05) is 13.1 Å². The first kappa shape index (κ1) is 14.5. The number of hydrogen-bond acceptors (Lipinski definition) is 5. The summed E-state index contributed by atoms with van der Waals surface area (Å²) < 4.78 is 0. The molecule has 2 heterocycles. The second-order valence-corrected chi connectivity index (χ2v) is 5.14. The summed E-state index contributed by atoms with van der Waals surface area (Å²) in [6.45, 7) is 1.73. The Balaban J connectivity index is 1.80. The third-order valence-electron chi connectivity index (χ3n) is 3.83. The minimum absolute atomic E-state index is 0.239. The van der Waals surface area contributed by atoms with Gasteiger partial charge >= 0.3 is 0 Å². The zero-order chi connectivity index (χ0) is 15.5. The molecule has 0 spiro atoms. The second kappa shape index (κ2) is 6.11. The first-order chi connectivity index (χ1) is 10.7. The maximum Gasteiger partial charge on any atom is 0.261 e. The number of amides is 2. The van der Waals surface area contributed by atoms with Crippen molar-refractivity contribution in [1.29, 1.82) is 0 Å². The van der Waals surface area contributed by atoms with Crippen LogP contribution in [0.4, 0.5) is 0 Å². The highest BCUT2D eigenvalue weighted by molar-refractivity contribution is 6.21. The van der Waals surface area contributed by atoms with Crippen molar-refractivity contribution in [2.75, 3.05) is 26.7 Å². The van der Waals surface area contributed by atoms with E-state index in [1.54, 1.807) is 24.3 Å². The Morgan fingerprint density at radius 2 is 1.95 bits per heavy atom. The van der Waals surface area contributed by atoms with Crippen molar-refractivity contribution < 1.29 is 14.4 Å². The average Bonchev–Trinajstić information content (AvgIpc) is 2.79. The van der Waals surface area contributed by atoms with E-state index in [0.29, 0.717) is 17.7 Å². The van der Waals surface area contributed by atoms with Crippen LogP contribution in [0.3, 0.4) is 0 Å². The van der Waals surface area contributed by atoms with Crippen molar-refractivity contribution in [2.45, 2.75) is 6.42 Å². The van der Waals surface area contributed by atoms with Gasteiger partial charge in [-0.15, -0.1) is 0 Å². The lowest BCUT2D eigenvalue weighted by molar-refractivity contribution is 0.0672. The van der Waals surface area contributed by atoms with Crippen LogP contribution in [0.1, 0.15) is 27.1 Å². The largest absolute Gasteiger partial charge is 0.399 e. The molecule has 3 rings (SSSR count). The first-order valence-corrected chi connectivity index (χ1v) is 7.17. The molecule has 0 atom stereocenters. The normalized spacial score (nSPS) is 21.6. The molecule has 114 valence electrons. The van der Waals surface area contributed by atoms with Crippen LogP contribution in [0.25, 0.3) is 0 Å². The quantitative estimate of drug-likeness (QED) is 0.672. The number of rotatable bonds is 3. The standard InChI is InChI=1S/C16H17N3O3/c1-22-18-14-10-17-8-6-11(14)7-9-19-15(20)12-4-2-3-5-13(12)16(19)21/h2-5,7,17H,6,8-10H2,1H3/b11-7+,18-14-. The molecule has 22 heavy (non-hydrogen) atoms. The van der Waals surface area contributed by atoms with Gasteiger partial charge in [0.15, 0.2) is 0 Å². The van der Waals surface area contributed by atoms with Gasteiger partial charge in [-0.1, -0.05) is 23.4 Å². The third kappa shape index (κ3) is 2.53. The summed E-state index contributed by atoms with van der Waals surface area (Å²) in [5.41, 5.74) is 2.77. The Kier molecular flexibility index (Phi) is 4.02. The van der Waals surface area contributed by atoms with Crippen molar-refractivity contribution in [2.24, 2.45) is 5.16 Å². The van der Waals surface area contributed by atoms with E-state index in [1.165, 1.54) is 12.0 Å². The number of benzene rings is 1. The number of piperidine rings is 1. The maximum atomic E-state index is 12.3. The Morgan fingerprint density at radius 1 is 1.27 bits per heavy atom. The van der Waals surface area contributed by atoms with E-state index in [9.17, 15) is 9.59 Å². The molecule has 2 amide bonds. The summed E-state index contributed by atoms with van der Waals surface area (Å²) in [6, 6.07) is 6.90. The van der Waals surface area contributed by atoms with Gasteiger partial charge in [0.2, 0.25) is 0 Å². The lowest BCUT2D eigenvalue weighted by Crippen LogP contribution is -2.34. The highest BCUT2D eigenvalue weighted by Crippen LogP contribution is 2.22. The minimum atomic E-state index is -0.239. The zero-order valence-electron chi connectivity index (χ0n) is 12.3. The predicted octanol–water partition coefficient (Wildman–Crippen LogP) is 1.20. The van der Waals surface area contributed by atoms with Gasteiger partial charge in [-0.05, 0) is 30.7 Å². The van der Waals surface area contributed by atoms with Crippen molar-refractivity contribution >= 4 is 17.5 Å². The molecule has 0 unspecified atom stereocenters. The summed E-state index contributed by atoms with van der Waals surface area (Å²) >= 11 is 0. The van der Waals surface area contributed by atoms with E-state index >= 15 is 0 Å². The summed E-state index contributed by atoms with van der Waals surface area (Å²) in [5.74, 6) is -0.478. The summed E-state index contributed by atoms with van der Waals surface area (Å²) in [7, 11) is 1.50. The molecule has 2 aliphatic heterocycles. The van der Waals surface area contributed by atoms with Gasteiger partial charge < -0.3 is 10.2 Å². The highest BCUT2D eigenvalue weighted by atomic mass is 16.6. The van der Waals surface area contributed by atoms with Gasteiger partial charge in [-0.3, -0.25) is 14.5 Å². The van der Waals surface area contributed by atoms with E-state index in [0.717, 1.165) is 24.3 Å². The van der Waals surface area contributed by atoms with Gasteiger partial charge in [0.25, 0.3) is 11.8 Å². The van der Waals surface area contributed by atoms with Crippen LogP contribution in [0.15, 0.2) is 41.1 Å². The van der Waals surface area contributed by atoms with Crippen molar-refractivity contribution in [1.82, 2.24) is 10.2 Å². The Morgan fingerprint density at radius 3 is 2.59 bits per heavy atom. The smallest absolute Gasteiger partial charge is 0.261 e. The highest BCUT2D eigenvalue weighted by Gasteiger charge is 2.34. The number of hydrogen-bond donors (Lipinski definition) is 1. The van der Waals surface area contributed by atoms with E-state index in [1.807, 2.05) is 6.08 Å². The number of fused-ring (bicyclic) bond motifs is 1. The SMILES string of the molecule is CO/N=C1/CNCC/C1=C\CN1C(=O)c2ccccc2C1=O. The van der Waals surface area contributed by atoms with Gasteiger partial charge in [0.1, 0.15) is 7.11 Å². The van der Waals surface area contributed by atoms with E-state index in [4.69, 9.17) is 4.84 Å². The Labute approximate surface area is 128 Å². The molecule has 2 aliphatic rings. The van der Waals surface area contributed by atoms with Gasteiger partial charge in [-0.25, -0.2) is 0 Å². The summed E-state index contributed by atoms with van der Waals surface area (Å²) in [4.78, 5) is 30.7. The third-order valence-corrected chi connectivity index (χ3v) is 3.83. The number of carbonyl (C=O) groups excluding carboxylic acids is 2. The first-order valence-electron chi connectivity index (χ1n) is 7.17. The van der Waals surface area contributed by atoms with Gasteiger partial charge in [-0.2, -0.15) is 0 Å². The molecule has 0 radical (unpaired) electrons. The minimum Gasteiger partial charge on any atom is -0.399 e. The molecular formula is C16H17N3O3. The number of nitrogens with one attached hydrogen (secondary N) is 1. The fraction of sp³-hybridized carbons (Fsp3) is 0.312. The van der Waals surface area contributed by atoms with Crippen LogP contribution >= 0.6 is 0 Å². The fourth-order valence-electron chi connectivity index (χ4n) is 2.72.